The van der Waals surface area contributed by atoms with E-state index in [2.05, 4.69) is 4.98 Å². The molecule has 1 aromatic heterocycles. The number of anilines is 1. The molecule has 0 unspecified atom stereocenters. The number of Topliss-reactive ketones (excluding diaryl/α,β-unsaturated/α-hetero) is 1. The van der Waals surface area contributed by atoms with Crippen LogP contribution in [-0.4, -0.2) is 55.4 Å². The molecule has 35 heavy (non-hydrogen) atoms. The molecule has 186 valence electrons. The van der Waals surface area contributed by atoms with Crippen LogP contribution in [0, 0.1) is 6.92 Å². The van der Waals surface area contributed by atoms with Gasteiger partial charge in [-0.3, -0.25) is 9.78 Å². The Morgan fingerprint density at radius 2 is 1.69 bits per heavy atom. The van der Waals surface area contributed by atoms with Crippen LogP contribution in [0.4, 0.5) is 18.9 Å². The number of aromatic nitrogens is 1. The molecule has 0 radical (unpaired) electrons. The zero-order valence-corrected chi connectivity index (χ0v) is 20.3. The van der Waals surface area contributed by atoms with Crippen molar-refractivity contribution in [3.8, 4) is 11.1 Å². The Balaban J connectivity index is 1.96. The number of hydrogen-bond donors (Lipinski definition) is 1. The second kappa shape index (κ2) is 8.60. The minimum absolute atomic E-state index is 0.0149. The van der Waals surface area contributed by atoms with E-state index >= 15 is 0 Å². The minimum atomic E-state index is -5.11. The van der Waals surface area contributed by atoms with E-state index in [1.807, 2.05) is 11.0 Å². The van der Waals surface area contributed by atoms with Gasteiger partial charge in [0.1, 0.15) is 0 Å². The van der Waals surface area contributed by atoms with E-state index < -0.39 is 33.0 Å². The number of alkyl halides is 3. The lowest BCUT2D eigenvalue weighted by Gasteiger charge is -2.37. The lowest BCUT2D eigenvalue weighted by molar-refractivity contribution is -0.0885. The van der Waals surface area contributed by atoms with Gasteiger partial charge in [0.25, 0.3) is 5.78 Å². The van der Waals surface area contributed by atoms with Crippen molar-refractivity contribution in [2.75, 3.05) is 24.2 Å². The van der Waals surface area contributed by atoms with E-state index in [1.54, 1.807) is 19.1 Å². The van der Waals surface area contributed by atoms with Crippen LogP contribution in [0.15, 0.2) is 47.4 Å². The number of halogens is 3. The molecule has 2 heterocycles. The number of carbonyl (C=O) groups is 1. The van der Waals surface area contributed by atoms with Gasteiger partial charge in [0.2, 0.25) is 0 Å². The van der Waals surface area contributed by atoms with Gasteiger partial charge in [-0.25, -0.2) is 8.42 Å². The number of pyridine rings is 1. The fourth-order valence-corrected chi connectivity index (χ4v) is 5.04. The van der Waals surface area contributed by atoms with Gasteiger partial charge in [-0.2, -0.15) is 13.2 Å². The van der Waals surface area contributed by atoms with Gasteiger partial charge in [0.05, 0.1) is 21.6 Å². The zero-order valence-electron chi connectivity index (χ0n) is 19.5. The Bertz CT molecular complexity index is 1410. The first kappa shape index (κ1) is 25.1. The standard InChI is InChI=1S/C25H25F3N2O4S/c1-15-21(23(31)25(26,27)28)22(16-4-7-18(8-5-16)35(3,33)34)19-14-17(6-9-20(19)29-15)30-12-10-24(2,32)11-13-30/h4-9,14,32H,10-13H2,1-3H3. The minimum Gasteiger partial charge on any atom is -0.390 e. The third-order valence-electron chi connectivity index (χ3n) is 6.41. The number of carbonyl (C=O) groups excluding carboxylic acids is 1. The zero-order chi connectivity index (χ0) is 25.8. The number of hydrogen-bond acceptors (Lipinski definition) is 6. The number of aryl methyl sites for hydroxylation is 1. The molecule has 0 amide bonds. The molecule has 4 rings (SSSR count). The summed E-state index contributed by atoms with van der Waals surface area (Å²) in [4.78, 5) is 18.8. The Hall–Kier alpha value is -2.98. The number of aliphatic hydroxyl groups is 1. The van der Waals surface area contributed by atoms with Crippen LogP contribution < -0.4 is 4.90 Å². The van der Waals surface area contributed by atoms with Gasteiger partial charge in [-0.15, -0.1) is 0 Å². The van der Waals surface area contributed by atoms with E-state index in [0.29, 0.717) is 36.8 Å². The van der Waals surface area contributed by atoms with Crippen LogP contribution in [0.25, 0.3) is 22.0 Å². The molecule has 1 aliphatic heterocycles. The fourth-order valence-electron chi connectivity index (χ4n) is 4.41. The molecule has 0 bridgehead atoms. The van der Waals surface area contributed by atoms with E-state index in [4.69, 9.17) is 0 Å². The summed E-state index contributed by atoms with van der Waals surface area (Å²) in [6.07, 6.45) is -3.00. The van der Waals surface area contributed by atoms with E-state index in [-0.39, 0.29) is 21.7 Å². The highest BCUT2D eigenvalue weighted by Crippen LogP contribution is 2.39. The highest BCUT2D eigenvalue weighted by molar-refractivity contribution is 7.90. The smallest absolute Gasteiger partial charge is 0.390 e. The Kier molecular flexibility index (Phi) is 6.17. The summed E-state index contributed by atoms with van der Waals surface area (Å²) >= 11 is 0. The number of piperidine rings is 1. The first-order valence-electron chi connectivity index (χ1n) is 11.0. The summed E-state index contributed by atoms with van der Waals surface area (Å²) in [6, 6.07) is 10.6. The summed E-state index contributed by atoms with van der Waals surface area (Å²) in [7, 11) is -3.52. The summed E-state index contributed by atoms with van der Waals surface area (Å²) in [5, 5.41) is 10.6. The summed E-state index contributed by atoms with van der Waals surface area (Å²) in [5.74, 6) is -2.01. The maximum Gasteiger partial charge on any atom is 0.454 e. The van der Waals surface area contributed by atoms with Gasteiger partial charge in [-0.05, 0) is 62.6 Å². The van der Waals surface area contributed by atoms with Crippen LogP contribution in [0.3, 0.4) is 0 Å². The SMILES string of the molecule is Cc1nc2ccc(N3CCC(C)(O)CC3)cc2c(-c2ccc(S(C)(=O)=O)cc2)c1C(=O)C(F)(F)F. The van der Waals surface area contributed by atoms with Crippen molar-refractivity contribution in [1.29, 1.82) is 0 Å². The van der Waals surface area contributed by atoms with Gasteiger partial charge in [-0.1, -0.05) is 12.1 Å². The summed E-state index contributed by atoms with van der Waals surface area (Å²) in [5.41, 5.74) is 0.0824. The van der Waals surface area contributed by atoms with Gasteiger partial charge in [0, 0.05) is 41.7 Å². The van der Waals surface area contributed by atoms with Gasteiger partial charge in [0.15, 0.2) is 9.84 Å². The number of ketones is 1. The van der Waals surface area contributed by atoms with Crippen molar-refractivity contribution in [3.05, 3.63) is 53.7 Å². The topological polar surface area (TPSA) is 87.6 Å². The lowest BCUT2D eigenvalue weighted by atomic mass is 9.91. The van der Waals surface area contributed by atoms with Gasteiger partial charge >= 0.3 is 6.18 Å². The second-order valence-corrected chi connectivity index (χ2v) is 11.3. The number of nitrogens with zero attached hydrogens (tertiary/aromatic N) is 2. The Morgan fingerprint density at radius 3 is 2.23 bits per heavy atom. The summed E-state index contributed by atoms with van der Waals surface area (Å²) < 4.78 is 64.5. The molecule has 1 fully saturated rings. The first-order chi connectivity index (χ1) is 16.2. The number of rotatable bonds is 4. The maximum absolute atomic E-state index is 13.6. The first-order valence-corrected chi connectivity index (χ1v) is 12.9. The number of sulfone groups is 1. The van der Waals surface area contributed by atoms with E-state index in [1.165, 1.54) is 31.2 Å². The molecule has 1 saturated heterocycles. The molecular weight excluding hydrogens is 481 g/mol. The monoisotopic (exact) mass is 506 g/mol. The highest BCUT2D eigenvalue weighted by Gasteiger charge is 2.42. The van der Waals surface area contributed by atoms with Crippen molar-refractivity contribution in [2.24, 2.45) is 0 Å². The molecule has 1 N–H and O–H groups in total. The third kappa shape index (κ3) is 5.04. The average Bonchev–Trinajstić information content (AvgIpc) is 2.76. The largest absolute Gasteiger partial charge is 0.454 e. The van der Waals surface area contributed by atoms with Crippen molar-refractivity contribution in [1.82, 2.24) is 4.98 Å². The highest BCUT2D eigenvalue weighted by atomic mass is 32.2. The Labute approximate surface area is 201 Å². The third-order valence-corrected chi connectivity index (χ3v) is 7.54. The molecule has 3 aromatic rings. The molecule has 10 heteroatoms. The van der Waals surface area contributed by atoms with Crippen LogP contribution in [0.2, 0.25) is 0 Å². The van der Waals surface area contributed by atoms with Crippen molar-refractivity contribution in [3.63, 3.8) is 0 Å². The van der Waals surface area contributed by atoms with E-state index in [9.17, 15) is 31.5 Å². The fraction of sp³-hybridized carbons (Fsp3) is 0.360. The van der Waals surface area contributed by atoms with E-state index in [0.717, 1.165) is 11.9 Å². The lowest BCUT2D eigenvalue weighted by Crippen LogP contribution is -2.42. The van der Waals surface area contributed by atoms with Crippen LogP contribution >= 0.6 is 0 Å². The van der Waals surface area contributed by atoms with Gasteiger partial charge < -0.3 is 10.0 Å². The molecule has 2 aromatic carbocycles. The number of fused-ring (bicyclic) bond motifs is 1. The molecule has 0 aliphatic carbocycles. The summed E-state index contributed by atoms with van der Waals surface area (Å²) in [6.45, 7) is 4.24. The quantitative estimate of drug-likeness (QED) is 0.516. The van der Waals surface area contributed by atoms with Crippen molar-refractivity contribution in [2.45, 2.75) is 43.4 Å². The van der Waals surface area contributed by atoms with Crippen LogP contribution in [0.1, 0.15) is 35.8 Å². The molecule has 0 spiro atoms. The molecular formula is C25H25F3N2O4S. The van der Waals surface area contributed by atoms with Crippen LogP contribution in [0.5, 0.6) is 0 Å². The maximum atomic E-state index is 13.6. The van der Waals surface area contributed by atoms with Crippen molar-refractivity contribution >= 4 is 32.2 Å². The molecule has 1 aliphatic rings. The van der Waals surface area contributed by atoms with Crippen LogP contribution in [-0.2, 0) is 9.84 Å². The van der Waals surface area contributed by atoms with Crippen molar-refractivity contribution < 1.29 is 31.5 Å². The predicted molar refractivity (Wildman–Crippen MR) is 127 cm³/mol. The Morgan fingerprint density at radius 1 is 1.09 bits per heavy atom. The second-order valence-electron chi connectivity index (χ2n) is 9.26. The number of benzene rings is 2. The molecule has 0 saturated carbocycles. The predicted octanol–water partition coefficient (Wildman–Crippen LogP) is 4.71. The molecule has 6 nitrogen and oxygen atoms in total. The normalized spacial score (nSPS) is 16.5. The molecule has 0 atom stereocenters. The average molecular weight is 507 g/mol.